The third-order valence-electron chi connectivity index (χ3n) is 4.55. The van der Waals surface area contributed by atoms with Gasteiger partial charge in [0.25, 0.3) is 0 Å². The molecule has 2 aromatic rings. The number of sulfone groups is 1. The largest absolute Gasteiger partial charge is 0.376 e. The van der Waals surface area contributed by atoms with Gasteiger partial charge in [0.05, 0.1) is 11.0 Å². The van der Waals surface area contributed by atoms with Crippen molar-refractivity contribution in [2.24, 2.45) is 0 Å². The second-order valence-electron chi connectivity index (χ2n) is 6.56. The van der Waals surface area contributed by atoms with Gasteiger partial charge in [-0.05, 0) is 48.6 Å². The molecule has 0 aliphatic carbocycles. The highest BCUT2D eigenvalue weighted by atomic mass is 35.5. The molecule has 10 heteroatoms. The molecule has 2 N–H and O–H groups in total. The molecule has 7 nitrogen and oxygen atoms in total. The first-order valence-corrected chi connectivity index (χ1v) is 11.9. The zero-order valence-corrected chi connectivity index (χ0v) is 17.9. The van der Waals surface area contributed by atoms with Crippen LogP contribution in [0.1, 0.15) is 23.0 Å². The molecule has 0 saturated carbocycles. The summed E-state index contributed by atoms with van der Waals surface area (Å²) in [5.41, 5.74) is 0. The summed E-state index contributed by atoms with van der Waals surface area (Å²) in [5, 5.41) is 6.13. The van der Waals surface area contributed by atoms with Gasteiger partial charge in [-0.15, -0.1) is 11.3 Å². The summed E-state index contributed by atoms with van der Waals surface area (Å²) in [5.74, 6) is -1.69. The SMILES string of the molecule is O=C(NC[C@H]1CCCO1)C(=O)NC[C@H](c1cccs1)S(=O)(=O)c1ccc(Cl)cc1. The van der Waals surface area contributed by atoms with E-state index in [2.05, 4.69) is 10.6 Å². The summed E-state index contributed by atoms with van der Waals surface area (Å²) in [4.78, 5) is 24.8. The number of hydrogen-bond donors (Lipinski definition) is 2. The quantitative estimate of drug-likeness (QED) is 0.622. The summed E-state index contributed by atoms with van der Waals surface area (Å²) in [6.07, 6.45) is 1.68. The van der Waals surface area contributed by atoms with Crippen LogP contribution in [0.15, 0.2) is 46.7 Å². The fraction of sp³-hybridized carbons (Fsp3) is 0.368. The summed E-state index contributed by atoms with van der Waals surface area (Å²) >= 11 is 7.12. The summed E-state index contributed by atoms with van der Waals surface area (Å²) in [6, 6.07) is 9.27. The Labute approximate surface area is 178 Å². The van der Waals surface area contributed by atoms with Gasteiger partial charge in [0.1, 0.15) is 5.25 Å². The molecule has 2 atom stereocenters. The Hall–Kier alpha value is -1.94. The number of hydrogen-bond acceptors (Lipinski definition) is 6. The minimum atomic E-state index is -3.80. The maximum atomic E-state index is 13.1. The number of amides is 2. The zero-order valence-electron chi connectivity index (χ0n) is 15.5. The van der Waals surface area contributed by atoms with E-state index in [0.717, 1.165) is 12.8 Å². The molecule has 156 valence electrons. The molecule has 1 fully saturated rings. The second-order valence-corrected chi connectivity index (χ2v) is 10.1. The number of thiophene rings is 1. The van der Waals surface area contributed by atoms with Crippen LogP contribution in [0.2, 0.25) is 5.02 Å². The second kappa shape index (κ2) is 9.71. The van der Waals surface area contributed by atoms with Crippen LogP contribution in [-0.2, 0) is 24.2 Å². The van der Waals surface area contributed by atoms with Crippen molar-refractivity contribution in [1.29, 1.82) is 0 Å². The molecule has 1 saturated heterocycles. The number of ether oxygens (including phenoxy) is 1. The van der Waals surface area contributed by atoms with Crippen molar-refractivity contribution in [2.75, 3.05) is 19.7 Å². The smallest absolute Gasteiger partial charge is 0.309 e. The van der Waals surface area contributed by atoms with Crippen LogP contribution >= 0.6 is 22.9 Å². The zero-order chi connectivity index (χ0) is 20.9. The van der Waals surface area contributed by atoms with Crippen LogP contribution in [0.25, 0.3) is 0 Å². The van der Waals surface area contributed by atoms with Crippen LogP contribution < -0.4 is 10.6 Å². The number of nitrogens with one attached hydrogen (secondary N) is 2. The molecule has 0 radical (unpaired) electrons. The van der Waals surface area contributed by atoms with E-state index < -0.39 is 26.9 Å². The van der Waals surface area contributed by atoms with E-state index in [4.69, 9.17) is 16.3 Å². The fourth-order valence-corrected chi connectivity index (χ4v) is 5.89. The fourth-order valence-electron chi connectivity index (χ4n) is 2.98. The molecule has 2 amide bonds. The third-order valence-corrected chi connectivity index (χ3v) is 8.03. The van der Waals surface area contributed by atoms with E-state index in [1.54, 1.807) is 17.5 Å². The maximum absolute atomic E-state index is 13.1. The molecule has 1 aliphatic heterocycles. The number of benzene rings is 1. The predicted molar refractivity (Wildman–Crippen MR) is 111 cm³/mol. The Bertz CT molecular complexity index is 939. The highest BCUT2D eigenvalue weighted by molar-refractivity contribution is 7.91. The predicted octanol–water partition coefficient (Wildman–Crippen LogP) is 2.33. The highest BCUT2D eigenvalue weighted by Crippen LogP contribution is 2.31. The van der Waals surface area contributed by atoms with Crippen molar-refractivity contribution in [3.63, 3.8) is 0 Å². The minimum Gasteiger partial charge on any atom is -0.376 e. The Kier molecular flexibility index (Phi) is 7.28. The van der Waals surface area contributed by atoms with Crippen molar-refractivity contribution in [3.8, 4) is 0 Å². The molecule has 0 bridgehead atoms. The van der Waals surface area contributed by atoms with Crippen molar-refractivity contribution in [2.45, 2.75) is 29.1 Å². The number of halogens is 1. The van der Waals surface area contributed by atoms with Crippen molar-refractivity contribution in [1.82, 2.24) is 10.6 Å². The van der Waals surface area contributed by atoms with Gasteiger partial charge < -0.3 is 15.4 Å². The van der Waals surface area contributed by atoms with Gasteiger partial charge in [-0.3, -0.25) is 9.59 Å². The van der Waals surface area contributed by atoms with Crippen LogP contribution in [0.3, 0.4) is 0 Å². The molecule has 3 rings (SSSR count). The Morgan fingerprint density at radius 3 is 2.52 bits per heavy atom. The van der Waals surface area contributed by atoms with E-state index >= 15 is 0 Å². The lowest BCUT2D eigenvalue weighted by molar-refractivity contribution is -0.139. The van der Waals surface area contributed by atoms with Crippen molar-refractivity contribution in [3.05, 3.63) is 51.7 Å². The number of rotatable bonds is 7. The molecule has 1 aromatic heterocycles. The van der Waals surface area contributed by atoms with E-state index in [9.17, 15) is 18.0 Å². The Morgan fingerprint density at radius 2 is 1.90 bits per heavy atom. The number of carbonyl (C=O) groups is 2. The lowest BCUT2D eigenvalue weighted by Crippen LogP contribution is -2.44. The first kappa shape index (κ1) is 21.8. The van der Waals surface area contributed by atoms with E-state index in [-0.39, 0.29) is 24.1 Å². The van der Waals surface area contributed by atoms with Gasteiger partial charge >= 0.3 is 11.8 Å². The maximum Gasteiger partial charge on any atom is 0.309 e. The molecule has 1 aromatic carbocycles. The third kappa shape index (κ3) is 5.57. The van der Waals surface area contributed by atoms with Crippen LogP contribution in [0.4, 0.5) is 0 Å². The normalized spacial score (nSPS) is 17.6. The molecule has 0 spiro atoms. The molecular weight excluding hydrogens is 436 g/mol. The molecule has 29 heavy (non-hydrogen) atoms. The van der Waals surface area contributed by atoms with Crippen LogP contribution in [0, 0.1) is 0 Å². The van der Waals surface area contributed by atoms with Gasteiger partial charge in [0.2, 0.25) is 0 Å². The molecule has 1 aliphatic rings. The van der Waals surface area contributed by atoms with Crippen molar-refractivity contribution < 1.29 is 22.7 Å². The average molecular weight is 457 g/mol. The standard InChI is InChI=1S/C19H21ClN2O5S2/c20-13-5-7-15(8-6-13)29(25,26)17(16-4-2-10-28-16)12-22-19(24)18(23)21-11-14-3-1-9-27-14/h2,4-8,10,14,17H,1,3,9,11-12H2,(H,21,23)(H,22,24)/t14-,17-/m1/s1. The van der Waals surface area contributed by atoms with Gasteiger partial charge in [-0.2, -0.15) is 0 Å². The van der Waals surface area contributed by atoms with E-state index in [1.165, 1.54) is 35.6 Å². The van der Waals surface area contributed by atoms with Crippen LogP contribution in [-0.4, -0.2) is 46.0 Å². The topological polar surface area (TPSA) is 102 Å². The van der Waals surface area contributed by atoms with Gasteiger partial charge in [0.15, 0.2) is 9.84 Å². The minimum absolute atomic E-state index is 0.0871. The lowest BCUT2D eigenvalue weighted by atomic mass is 10.2. The molecule has 0 unspecified atom stereocenters. The van der Waals surface area contributed by atoms with Gasteiger partial charge in [-0.25, -0.2) is 8.42 Å². The number of carbonyl (C=O) groups excluding carboxylic acids is 2. The monoisotopic (exact) mass is 456 g/mol. The first-order valence-electron chi connectivity index (χ1n) is 9.08. The van der Waals surface area contributed by atoms with Crippen LogP contribution in [0.5, 0.6) is 0 Å². The molecular formula is C19H21ClN2O5S2. The van der Waals surface area contributed by atoms with E-state index in [1.807, 2.05) is 0 Å². The Balaban J connectivity index is 1.67. The van der Waals surface area contributed by atoms with Gasteiger partial charge in [-0.1, -0.05) is 17.7 Å². The summed E-state index contributed by atoms with van der Waals surface area (Å²) < 4.78 is 31.6. The summed E-state index contributed by atoms with van der Waals surface area (Å²) in [7, 11) is -3.80. The summed E-state index contributed by atoms with van der Waals surface area (Å²) in [6.45, 7) is 0.680. The van der Waals surface area contributed by atoms with Crippen molar-refractivity contribution >= 4 is 44.6 Å². The Morgan fingerprint density at radius 1 is 1.17 bits per heavy atom. The average Bonchev–Trinajstić information content (AvgIpc) is 3.40. The lowest BCUT2D eigenvalue weighted by Gasteiger charge is -2.17. The molecule has 2 heterocycles. The first-order chi connectivity index (χ1) is 13.9. The van der Waals surface area contributed by atoms with Gasteiger partial charge in [0, 0.05) is 29.6 Å². The highest BCUT2D eigenvalue weighted by Gasteiger charge is 2.31. The van der Waals surface area contributed by atoms with E-state index in [0.29, 0.717) is 16.5 Å².